The van der Waals surface area contributed by atoms with Gasteiger partial charge in [0.25, 0.3) is 0 Å². The van der Waals surface area contributed by atoms with Crippen molar-refractivity contribution in [1.82, 2.24) is 23.9 Å². The van der Waals surface area contributed by atoms with Crippen LogP contribution in [0.3, 0.4) is 0 Å². The Balaban J connectivity index is 1.12. The van der Waals surface area contributed by atoms with Crippen LogP contribution in [0.15, 0.2) is 152 Å². The zero-order chi connectivity index (χ0) is 36.7. The van der Waals surface area contributed by atoms with Gasteiger partial charge in [-0.05, 0) is 68.7 Å². The summed E-state index contributed by atoms with van der Waals surface area (Å²) in [5.41, 5.74) is 8.03. The Morgan fingerprint density at radius 2 is 1.02 bits per heavy atom. The van der Waals surface area contributed by atoms with Crippen LogP contribution < -0.4 is 0 Å². The Hall–Kier alpha value is -7.41. The van der Waals surface area contributed by atoms with E-state index < -0.39 is 0 Å². The molecule has 0 aliphatic carbocycles. The molecule has 0 bridgehead atoms. The predicted molar refractivity (Wildman–Crippen MR) is 239 cm³/mol. The number of aromatic nitrogens is 5. The van der Waals surface area contributed by atoms with Gasteiger partial charge in [0, 0.05) is 63.6 Å². The molecule has 9 aromatic carbocycles. The first kappa shape index (κ1) is 29.0. The maximum absolute atomic E-state index is 5.50. The minimum Gasteiger partial charge on any atom is -0.307 e. The third-order valence-electron chi connectivity index (χ3n) is 12.8. The average Bonchev–Trinajstić information content (AvgIpc) is 3.98. The standard InChI is InChI=1S/C51H25N5S/c1-2-9-27-24-29(17-16-26(27)8-1)49-52-50(37-25-28-10-3-4-11-30(28)31-12-5-6-13-32(31)37)54-51(53-49)55-38-21-23-40-44-42(38)43-39(55)20-18-35-33-14-7-15-34-36-19-22-41(57-40)45(44)48(36)56(46(33)34)47(35)43/h1-25H. The first-order valence-corrected chi connectivity index (χ1v) is 20.2. The van der Waals surface area contributed by atoms with Gasteiger partial charge in [0.15, 0.2) is 11.6 Å². The maximum Gasteiger partial charge on any atom is 0.238 e. The number of fused-ring (bicyclic) bond motifs is 6. The Bertz CT molecular complexity index is 4170. The Kier molecular flexibility index (Phi) is 5.01. The molecule has 6 aromatic heterocycles. The van der Waals surface area contributed by atoms with Gasteiger partial charge in [0.05, 0.1) is 27.6 Å². The third-order valence-corrected chi connectivity index (χ3v) is 13.9. The summed E-state index contributed by atoms with van der Waals surface area (Å²) in [5.74, 6) is 1.91. The van der Waals surface area contributed by atoms with E-state index in [0.717, 1.165) is 38.3 Å². The molecular formula is C51H25N5S. The van der Waals surface area contributed by atoms with Crippen molar-refractivity contribution < 1.29 is 0 Å². The Morgan fingerprint density at radius 3 is 1.89 bits per heavy atom. The van der Waals surface area contributed by atoms with E-state index in [9.17, 15) is 0 Å². The van der Waals surface area contributed by atoms with Gasteiger partial charge in [-0.25, -0.2) is 4.98 Å². The molecule has 6 heterocycles. The van der Waals surface area contributed by atoms with Crippen molar-refractivity contribution in [2.45, 2.75) is 0 Å². The number of benzene rings is 9. The third kappa shape index (κ3) is 3.42. The van der Waals surface area contributed by atoms with Gasteiger partial charge in [0.1, 0.15) is 0 Å². The minimum absolute atomic E-state index is 0.610. The highest BCUT2D eigenvalue weighted by Crippen LogP contribution is 2.53. The molecule has 0 aliphatic heterocycles. The summed E-state index contributed by atoms with van der Waals surface area (Å²) in [6.07, 6.45) is 0. The summed E-state index contributed by atoms with van der Waals surface area (Å²) >= 11 is 1.89. The fourth-order valence-electron chi connectivity index (χ4n) is 10.5. The van der Waals surface area contributed by atoms with Crippen molar-refractivity contribution in [2.24, 2.45) is 0 Å². The second-order valence-electron chi connectivity index (χ2n) is 15.5. The van der Waals surface area contributed by atoms with Crippen LogP contribution in [0, 0.1) is 0 Å². The summed E-state index contributed by atoms with van der Waals surface area (Å²) in [7, 11) is 0. The van der Waals surface area contributed by atoms with Gasteiger partial charge in [-0.2, -0.15) is 9.97 Å². The molecule has 57 heavy (non-hydrogen) atoms. The molecule has 15 aromatic rings. The van der Waals surface area contributed by atoms with Crippen molar-refractivity contribution in [3.8, 4) is 28.7 Å². The number of hydrogen-bond acceptors (Lipinski definition) is 4. The van der Waals surface area contributed by atoms with Crippen LogP contribution in [0.1, 0.15) is 0 Å². The minimum atomic E-state index is 0.610. The highest BCUT2D eigenvalue weighted by Gasteiger charge is 2.30. The fourth-order valence-corrected chi connectivity index (χ4v) is 11.6. The normalized spacial score (nSPS) is 12.9. The number of nitrogens with zero attached hydrogens (tertiary/aromatic N) is 5. The molecule has 6 heteroatoms. The summed E-state index contributed by atoms with van der Waals surface area (Å²) in [5, 5.41) is 17.4. The molecule has 0 aliphatic rings. The molecule has 260 valence electrons. The van der Waals surface area contributed by atoms with Crippen LogP contribution in [0.2, 0.25) is 0 Å². The van der Waals surface area contributed by atoms with Crippen molar-refractivity contribution in [3.05, 3.63) is 152 Å². The van der Waals surface area contributed by atoms with E-state index in [1.54, 1.807) is 0 Å². The summed E-state index contributed by atoms with van der Waals surface area (Å²) in [6.45, 7) is 0. The van der Waals surface area contributed by atoms with Gasteiger partial charge >= 0.3 is 0 Å². The summed E-state index contributed by atoms with van der Waals surface area (Å²) in [6, 6.07) is 55.1. The average molecular weight is 740 g/mol. The largest absolute Gasteiger partial charge is 0.307 e. The van der Waals surface area contributed by atoms with E-state index in [1.807, 2.05) is 11.3 Å². The molecule has 0 radical (unpaired) electrons. The number of para-hydroxylation sites is 1. The van der Waals surface area contributed by atoms with E-state index >= 15 is 0 Å². The van der Waals surface area contributed by atoms with Crippen LogP contribution in [-0.2, 0) is 0 Å². The number of hydrogen-bond donors (Lipinski definition) is 0. The molecule has 0 saturated carbocycles. The quantitative estimate of drug-likeness (QED) is 0.170. The molecular weight excluding hydrogens is 715 g/mol. The van der Waals surface area contributed by atoms with Gasteiger partial charge in [-0.1, -0.05) is 115 Å². The lowest BCUT2D eigenvalue weighted by molar-refractivity contribution is 0.955. The van der Waals surface area contributed by atoms with Crippen molar-refractivity contribution in [3.63, 3.8) is 0 Å². The Morgan fingerprint density at radius 1 is 0.386 bits per heavy atom. The highest BCUT2D eigenvalue weighted by atomic mass is 32.1. The first-order valence-electron chi connectivity index (χ1n) is 19.4. The van der Waals surface area contributed by atoms with Gasteiger partial charge in [-0.15, -0.1) is 11.3 Å². The predicted octanol–water partition coefficient (Wildman–Crippen LogP) is 13.6. The lowest BCUT2D eigenvalue weighted by atomic mass is 9.97. The van der Waals surface area contributed by atoms with Crippen LogP contribution >= 0.6 is 11.3 Å². The lowest BCUT2D eigenvalue weighted by Crippen LogP contribution is -2.06. The molecule has 5 nitrogen and oxygen atoms in total. The molecule has 0 fully saturated rings. The monoisotopic (exact) mass is 739 g/mol. The van der Waals surface area contributed by atoms with E-state index in [4.69, 9.17) is 15.0 Å². The van der Waals surface area contributed by atoms with Crippen molar-refractivity contribution >= 4 is 124 Å². The van der Waals surface area contributed by atoms with Crippen LogP contribution in [0.4, 0.5) is 0 Å². The molecule has 0 spiro atoms. The number of thiophene rings is 1. The smallest absolute Gasteiger partial charge is 0.238 e. The van der Waals surface area contributed by atoms with Gasteiger partial charge in [0.2, 0.25) is 5.95 Å². The summed E-state index contributed by atoms with van der Waals surface area (Å²) < 4.78 is 7.51. The fraction of sp³-hybridized carbons (Fsp3) is 0. The molecule has 0 atom stereocenters. The SMILES string of the molecule is c1ccc2cc(-c3nc(-c4cc5ccccc5c5ccccc45)nc(-n4c5ccc6sc7ccc8c9cccc%10c%11ccc4c4c5c6c7c8n(c9%10)c%114)n3)ccc2c1. The summed E-state index contributed by atoms with van der Waals surface area (Å²) in [4.78, 5) is 16.3. The van der Waals surface area contributed by atoms with Crippen molar-refractivity contribution in [2.75, 3.05) is 0 Å². The van der Waals surface area contributed by atoms with Crippen LogP contribution in [0.25, 0.3) is 141 Å². The van der Waals surface area contributed by atoms with Crippen LogP contribution in [-0.4, -0.2) is 23.9 Å². The van der Waals surface area contributed by atoms with E-state index in [-0.39, 0.29) is 0 Å². The highest BCUT2D eigenvalue weighted by molar-refractivity contribution is 7.26. The zero-order valence-electron chi connectivity index (χ0n) is 30.1. The molecule has 15 rings (SSSR count). The van der Waals surface area contributed by atoms with E-state index in [2.05, 4.69) is 161 Å². The van der Waals surface area contributed by atoms with Crippen molar-refractivity contribution in [1.29, 1.82) is 0 Å². The second-order valence-corrected chi connectivity index (χ2v) is 16.6. The topological polar surface area (TPSA) is 48.0 Å². The zero-order valence-corrected chi connectivity index (χ0v) is 30.9. The molecule has 0 N–H and O–H groups in total. The van der Waals surface area contributed by atoms with E-state index in [0.29, 0.717) is 17.6 Å². The maximum atomic E-state index is 5.50. The van der Waals surface area contributed by atoms with Gasteiger partial charge in [-0.3, -0.25) is 4.57 Å². The van der Waals surface area contributed by atoms with Crippen LogP contribution in [0.5, 0.6) is 0 Å². The molecule has 0 amide bonds. The van der Waals surface area contributed by atoms with E-state index in [1.165, 1.54) is 85.2 Å². The number of rotatable bonds is 3. The first-order chi connectivity index (χ1) is 28.3. The molecule has 0 unspecified atom stereocenters. The second kappa shape index (κ2) is 9.87. The molecule has 0 saturated heterocycles. The Labute approximate surface area is 326 Å². The lowest BCUT2D eigenvalue weighted by Gasteiger charge is -2.14. The van der Waals surface area contributed by atoms with Gasteiger partial charge < -0.3 is 4.40 Å².